The zero-order valence-electron chi connectivity index (χ0n) is 12.7. The molecule has 23 heavy (non-hydrogen) atoms. The van der Waals surface area contributed by atoms with Crippen molar-refractivity contribution < 1.29 is 4.79 Å². The second kappa shape index (κ2) is 5.40. The number of nitrogens with zero attached hydrogens (tertiary/aromatic N) is 3. The summed E-state index contributed by atoms with van der Waals surface area (Å²) in [4.78, 5) is 20.0. The van der Waals surface area contributed by atoms with Crippen LogP contribution in [0.2, 0.25) is 0 Å². The van der Waals surface area contributed by atoms with Gasteiger partial charge in [-0.1, -0.05) is 18.2 Å². The van der Waals surface area contributed by atoms with Crippen molar-refractivity contribution >= 4 is 33.3 Å². The number of hydrogen-bond acceptors (Lipinski definition) is 5. The van der Waals surface area contributed by atoms with E-state index in [0.717, 1.165) is 33.6 Å². The number of amides is 1. The third kappa shape index (κ3) is 2.31. The quantitative estimate of drug-likeness (QED) is 0.747. The summed E-state index contributed by atoms with van der Waals surface area (Å²) in [5.74, 6) is -0.0376. The van der Waals surface area contributed by atoms with Gasteiger partial charge in [-0.3, -0.25) is 4.79 Å². The molecule has 0 bridgehead atoms. The molecule has 0 aliphatic carbocycles. The zero-order valence-corrected chi connectivity index (χ0v) is 13.5. The molecule has 0 saturated heterocycles. The van der Waals surface area contributed by atoms with Crippen LogP contribution < -0.4 is 10.6 Å². The minimum atomic E-state index is -0.0376. The van der Waals surface area contributed by atoms with Gasteiger partial charge in [-0.15, -0.1) is 0 Å². The summed E-state index contributed by atoms with van der Waals surface area (Å²) in [5.41, 5.74) is 9.59. The highest BCUT2D eigenvalue weighted by atomic mass is 32.1. The van der Waals surface area contributed by atoms with Crippen LogP contribution in [0, 0.1) is 6.92 Å². The number of hydrogen-bond donors (Lipinski definition) is 1. The number of carbonyl (C=O) groups is 1. The van der Waals surface area contributed by atoms with E-state index in [1.165, 1.54) is 11.5 Å². The van der Waals surface area contributed by atoms with E-state index in [0.29, 0.717) is 12.1 Å². The second-order valence-corrected chi connectivity index (χ2v) is 6.51. The average Bonchev–Trinajstić information content (AvgIpc) is 2.96. The van der Waals surface area contributed by atoms with Gasteiger partial charge < -0.3 is 10.6 Å². The van der Waals surface area contributed by atoms with Crippen molar-refractivity contribution in [2.24, 2.45) is 5.73 Å². The molecule has 116 valence electrons. The topological polar surface area (TPSA) is 72.1 Å². The Morgan fingerprint density at radius 3 is 3.09 bits per heavy atom. The third-order valence-corrected chi connectivity index (χ3v) is 5.16. The van der Waals surface area contributed by atoms with Crippen molar-refractivity contribution in [3.63, 3.8) is 0 Å². The maximum atomic E-state index is 13.0. The summed E-state index contributed by atoms with van der Waals surface area (Å²) in [5, 5.41) is 0.947. The first-order valence-electron chi connectivity index (χ1n) is 7.53. The Morgan fingerprint density at radius 2 is 2.22 bits per heavy atom. The standard InChI is InChI=1S/C17H16N4OS/c1-10-13-8-11(9-19-16(13)23-20-10)17(22)21-7-6-14(18)12-4-2-3-5-15(12)21/h2-5,8-9,14H,6-7,18H2,1H3. The molecule has 3 heterocycles. The van der Waals surface area contributed by atoms with E-state index in [1.54, 1.807) is 11.1 Å². The van der Waals surface area contributed by atoms with Gasteiger partial charge in [-0.25, -0.2) is 4.98 Å². The maximum Gasteiger partial charge on any atom is 0.259 e. The first kappa shape index (κ1) is 14.3. The van der Waals surface area contributed by atoms with Crippen LogP contribution in [0.3, 0.4) is 0 Å². The van der Waals surface area contributed by atoms with Crippen molar-refractivity contribution in [1.82, 2.24) is 9.36 Å². The number of rotatable bonds is 1. The molecule has 1 aliphatic heterocycles. The first-order chi connectivity index (χ1) is 11.1. The van der Waals surface area contributed by atoms with E-state index in [-0.39, 0.29) is 11.9 Å². The van der Waals surface area contributed by atoms with Crippen molar-refractivity contribution in [2.45, 2.75) is 19.4 Å². The minimum absolute atomic E-state index is 0.0147. The lowest BCUT2D eigenvalue weighted by Gasteiger charge is -2.32. The Labute approximate surface area is 137 Å². The Kier molecular flexibility index (Phi) is 3.36. The lowest BCUT2D eigenvalue weighted by molar-refractivity contribution is 0.0984. The molecule has 0 saturated carbocycles. The normalized spacial score (nSPS) is 17.3. The SMILES string of the molecule is Cc1nsc2ncc(C(=O)N3CCC(N)c4ccccc43)cc12. The van der Waals surface area contributed by atoms with Gasteiger partial charge >= 0.3 is 0 Å². The third-order valence-electron chi connectivity index (χ3n) is 4.29. The minimum Gasteiger partial charge on any atom is -0.324 e. The lowest BCUT2D eigenvalue weighted by atomic mass is 9.96. The van der Waals surface area contributed by atoms with Crippen LogP contribution in [0.4, 0.5) is 5.69 Å². The number of aromatic nitrogens is 2. The monoisotopic (exact) mass is 324 g/mol. The highest BCUT2D eigenvalue weighted by Gasteiger charge is 2.27. The molecule has 2 N–H and O–H groups in total. The van der Waals surface area contributed by atoms with E-state index < -0.39 is 0 Å². The number of para-hydroxylation sites is 1. The van der Waals surface area contributed by atoms with Crippen LogP contribution in [0.5, 0.6) is 0 Å². The van der Waals surface area contributed by atoms with Crippen LogP contribution in [0.25, 0.3) is 10.2 Å². The Bertz CT molecular complexity index is 904. The van der Waals surface area contributed by atoms with E-state index >= 15 is 0 Å². The van der Waals surface area contributed by atoms with Crippen LogP contribution >= 0.6 is 11.5 Å². The van der Waals surface area contributed by atoms with Crippen molar-refractivity contribution in [1.29, 1.82) is 0 Å². The van der Waals surface area contributed by atoms with Crippen LogP contribution in [0.15, 0.2) is 36.5 Å². The van der Waals surface area contributed by atoms with Gasteiger partial charge in [0.05, 0.1) is 11.3 Å². The van der Waals surface area contributed by atoms with E-state index in [1.807, 2.05) is 37.3 Å². The molecule has 1 aliphatic rings. The first-order valence-corrected chi connectivity index (χ1v) is 8.31. The fraction of sp³-hybridized carbons (Fsp3) is 0.235. The van der Waals surface area contributed by atoms with Crippen LogP contribution in [0.1, 0.15) is 34.1 Å². The Balaban J connectivity index is 1.76. The van der Waals surface area contributed by atoms with Gasteiger partial charge in [0.2, 0.25) is 0 Å². The summed E-state index contributed by atoms with van der Waals surface area (Å²) in [7, 11) is 0. The molecule has 4 rings (SSSR count). The summed E-state index contributed by atoms with van der Waals surface area (Å²) < 4.78 is 4.29. The summed E-state index contributed by atoms with van der Waals surface area (Å²) in [6, 6.07) is 9.72. The van der Waals surface area contributed by atoms with Crippen molar-refractivity contribution in [2.75, 3.05) is 11.4 Å². The second-order valence-electron chi connectivity index (χ2n) is 5.76. The largest absolute Gasteiger partial charge is 0.324 e. The maximum absolute atomic E-state index is 13.0. The Morgan fingerprint density at radius 1 is 1.39 bits per heavy atom. The summed E-state index contributed by atoms with van der Waals surface area (Å²) in [6.45, 7) is 2.56. The molecule has 1 atom stereocenters. The van der Waals surface area contributed by atoms with Crippen LogP contribution in [-0.4, -0.2) is 21.8 Å². The average molecular weight is 324 g/mol. The molecule has 0 spiro atoms. The van der Waals surface area contributed by atoms with Gasteiger partial charge in [-0.05, 0) is 42.6 Å². The van der Waals surface area contributed by atoms with Gasteiger partial charge in [0.1, 0.15) is 4.83 Å². The number of fused-ring (bicyclic) bond motifs is 2. The molecule has 1 amide bonds. The molecule has 1 unspecified atom stereocenters. The molecule has 0 fully saturated rings. The number of benzene rings is 1. The molecule has 0 radical (unpaired) electrons. The smallest absolute Gasteiger partial charge is 0.259 e. The number of aryl methyl sites for hydroxylation is 1. The van der Waals surface area contributed by atoms with Gasteiger partial charge in [-0.2, -0.15) is 4.37 Å². The van der Waals surface area contributed by atoms with Crippen LogP contribution in [-0.2, 0) is 0 Å². The van der Waals surface area contributed by atoms with E-state index in [9.17, 15) is 4.79 Å². The number of carbonyl (C=O) groups excluding carboxylic acids is 1. The number of pyridine rings is 1. The predicted molar refractivity (Wildman–Crippen MR) is 91.8 cm³/mol. The predicted octanol–water partition coefficient (Wildman–Crippen LogP) is 3.05. The summed E-state index contributed by atoms with van der Waals surface area (Å²) >= 11 is 1.36. The molecule has 6 heteroatoms. The molecular weight excluding hydrogens is 308 g/mol. The van der Waals surface area contributed by atoms with E-state index in [4.69, 9.17) is 5.73 Å². The van der Waals surface area contributed by atoms with E-state index in [2.05, 4.69) is 9.36 Å². The molecule has 2 aromatic heterocycles. The number of anilines is 1. The van der Waals surface area contributed by atoms with Crippen molar-refractivity contribution in [3.05, 3.63) is 53.3 Å². The zero-order chi connectivity index (χ0) is 16.0. The van der Waals surface area contributed by atoms with Gasteiger partial charge in [0.15, 0.2) is 0 Å². The van der Waals surface area contributed by atoms with Crippen molar-refractivity contribution in [3.8, 4) is 0 Å². The molecule has 1 aromatic carbocycles. The molecule has 3 aromatic rings. The van der Waals surface area contributed by atoms with Gasteiger partial charge in [0.25, 0.3) is 5.91 Å². The highest BCUT2D eigenvalue weighted by Crippen LogP contribution is 2.33. The molecular formula is C17H16N4OS. The summed E-state index contributed by atoms with van der Waals surface area (Å²) in [6.07, 6.45) is 2.40. The highest BCUT2D eigenvalue weighted by molar-refractivity contribution is 7.12. The molecule has 5 nitrogen and oxygen atoms in total. The fourth-order valence-corrected chi connectivity index (χ4v) is 3.75. The number of nitrogens with two attached hydrogens (primary N) is 1. The Hall–Kier alpha value is -2.31. The van der Waals surface area contributed by atoms with Gasteiger partial charge in [0, 0.05) is 29.9 Å². The fourth-order valence-electron chi connectivity index (χ4n) is 3.02. The lowest BCUT2D eigenvalue weighted by Crippen LogP contribution is -2.38.